The van der Waals surface area contributed by atoms with Gasteiger partial charge in [-0.05, 0) is 30.3 Å². The van der Waals surface area contributed by atoms with Crippen LogP contribution in [0.25, 0.3) is 23.0 Å². The van der Waals surface area contributed by atoms with E-state index in [0.29, 0.717) is 12.3 Å². The number of rotatable bonds is 6. The first-order chi connectivity index (χ1) is 14.2. The lowest BCUT2D eigenvalue weighted by atomic mass is 10.1. The van der Waals surface area contributed by atoms with E-state index in [1.54, 1.807) is 36.4 Å². The molecule has 5 nitrogen and oxygen atoms in total. The normalized spacial score (nSPS) is 11.1. The number of carbonyl (C=O) groups is 1. The molecule has 4 rings (SSSR count). The SMILES string of the molecule is CN(Cc1cn(-c2ccccc2)nc1-c1ccccc1)C(=O)C=Cc1ccco1. The van der Waals surface area contributed by atoms with Crippen LogP contribution >= 0.6 is 0 Å². The molecule has 0 aliphatic heterocycles. The highest BCUT2D eigenvalue weighted by atomic mass is 16.3. The summed E-state index contributed by atoms with van der Waals surface area (Å²) in [5, 5.41) is 4.80. The van der Waals surface area contributed by atoms with Crippen molar-refractivity contribution < 1.29 is 9.21 Å². The van der Waals surface area contributed by atoms with Crippen molar-refractivity contribution in [3.8, 4) is 16.9 Å². The second-order valence-electron chi connectivity index (χ2n) is 6.69. The van der Waals surface area contributed by atoms with E-state index in [1.807, 2.05) is 71.5 Å². The smallest absolute Gasteiger partial charge is 0.246 e. The number of likely N-dealkylation sites (N-methyl/N-ethyl adjacent to an activating group) is 1. The van der Waals surface area contributed by atoms with Gasteiger partial charge in [0.15, 0.2) is 0 Å². The fourth-order valence-electron chi connectivity index (χ4n) is 3.08. The molecule has 0 radical (unpaired) electrons. The Labute approximate surface area is 169 Å². The van der Waals surface area contributed by atoms with E-state index in [1.165, 1.54) is 6.08 Å². The third-order valence-electron chi connectivity index (χ3n) is 4.58. The lowest BCUT2D eigenvalue weighted by molar-refractivity contribution is -0.125. The summed E-state index contributed by atoms with van der Waals surface area (Å²) in [4.78, 5) is 14.2. The van der Waals surface area contributed by atoms with Crippen molar-refractivity contribution in [2.75, 3.05) is 7.05 Å². The molecule has 1 amide bonds. The van der Waals surface area contributed by atoms with Gasteiger partial charge in [0.2, 0.25) is 5.91 Å². The minimum absolute atomic E-state index is 0.104. The summed E-state index contributed by atoms with van der Waals surface area (Å²) in [7, 11) is 1.78. The van der Waals surface area contributed by atoms with Crippen LogP contribution in [0.5, 0.6) is 0 Å². The van der Waals surface area contributed by atoms with Gasteiger partial charge in [-0.25, -0.2) is 4.68 Å². The second kappa shape index (κ2) is 8.44. The predicted molar refractivity (Wildman–Crippen MR) is 113 cm³/mol. The number of hydrogen-bond acceptors (Lipinski definition) is 3. The molecule has 0 atom stereocenters. The molecule has 0 spiro atoms. The van der Waals surface area contributed by atoms with E-state index in [9.17, 15) is 4.79 Å². The second-order valence-corrected chi connectivity index (χ2v) is 6.69. The first kappa shape index (κ1) is 18.5. The maximum atomic E-state index is 12.5. The molecule has 5 heteroatoms. The Morgan fingerprint density at radius 2 is 1.76 bits per heavy atom. The van der Waals surface area contributed by atoms with Crippen LogP contribution in [-0.4, -0.2) is 27.6 Å². The highest BCUT2D eigenvalue weighted by Crippen LogP contribution is 2.24. The number of benzene rings is 2. The highest BCUT2D eigenvalue weighted by Gasteiger charge is 2.15. The van der Waals surface area contributed by atoms with E-state index in [2.05, 4.69) is 0 Å². The summed E-state index contributed by atoms with van der Waals surface area (Å²) >= 11 is 0. The molecule has 4 aromatic rings. The fourth-order valence-corrected chi connectivity index (χ4v) is 3.08. The summed E-state index contributed by atoms with van der Waals surface area (Å²) in [5.41, 5.74) is 3.83. The molecule has 29 heavy (non-hydrogen) atoms. The van der Waals surface area contributed by atoms with Crippen LogP contribution in [0.4, 0.5) is 0 Å². The molecule has 2 heterocycles. The summed E-state index contributed by atoms with van der Waals surface area (Å²) in [6.07, 6.45) is 6.75. The predicted octanol–water partition coefficient (Wildman–Crippen LogP) is 4.80. The first-order valence-electron chi connectivity index (χ1n) is 9.37. The third kappa shape index (κ3) is 4.35. The Morgan fingerprint density at radius 3 is 2.45 bits per heavy atom. The fraction of sp³-hybridized carbons (Fsp3) is 0.0833. The highest BCUT2D eigenvalue weighted by molar-refractivity contribution is 5.91. The van der Waals surface area contributed by atoms with Crippen molar-refractivity contribution in [2.45, 2.75) is 6.54 Å². The Kier molecular flexibility index (Phi) is 5.38. The van der Waals surface area contributed by atoms with Gasteiger partial charge in [-0.1, -0.05) is 48.5 Å². The average molecular weight is 383 g/mol. The average Bonchev–Trinajstić information content (AvgIpc) is 3.43. The zero-order chi connectivity index (χ0) is 20.1. The zero-order valence-corrected chi connectivity index (χ0v) is 16.1. The van der Waals surface area contributed by atoms with Gasteiger partial charge < -0.3 is 9.32 Å². The molecule has 2 aromatic carbocycles. The number of hydrogen-bond donors (Lipinski definition) is 0. The quantitative estimate of drug-likeness (QED) is 0.449. The van der Waals surface area contributed by atoms with Crippen LogP contribution in [-0.2, 0) is 11.3 Å². The van der Waals surface area contributed by atoms with Crippen LogP contribution in [0.2, 0.25) is 0 Å². The Hall–Kier alpha value is -3.86. The van der Waals surface area contributed by atoms with E-state index in [0.717, 1.165) is 22.5 Å². The van der Waals surface area contributed by atoms with Crippen molar-refractivity contribution in [3.63, 3.8) is 0 Å². The lowest BCUT2D eigenvalue weighted by Crippen LogP contribution is -2.24. The number of carbonyl (C=O) groups excluding carboxylic acids is 1. The first-order valence-corrected chi connectivity index (χ1v) is 9.37. The number of furan rings is 1. The largest absolute Gasteiger partial charge is 0.465 e. The molecule has 0 N–H and O–H groups in total. The van der Waals surface area contributed by atoms with Gasteiger partial charge in [0, 0.05) is 37.0 Å². The third-order valence-corrected chi connectivity index (χ3v) is 4.58. The molecule has 144 valence electrons. The molecule has 2 aromatic heterocycles. The van der Waals surface area contributed by atoms with Crippen LogP contribution in [0, 0.1) is 0 Å². The maximum absolute atomic E-state index is 12.5. The van der Waals surface area contributed by atoms with Gasteiger partial charge in [-0.15, -0.1) is 0 Å². The van der Waals surface area contributed by atoms with E-state index < -0.39 is 0 Å². The monoisotopic (exact) mass is 383 g/mol. The zero-order valence-electron chi connectivity index (χ0n) is 16.1. The van der Waals surface area contributed by atoms with Crippen molar-refractivity contribution in [1.82, 2.24) is 14.7 Å². The van der Waals surface area contributed by atoms with E-state index in [-0.39, 0.29) is 5.91 Å². The molecule has 0 saturated heterocycles. The van der Waals surface area contributed by atoms with E-state index >= 15 is 0 Å². The van der Waals surface area contributed by atoms with Crippen molar-refractivity contribution >= 4 is 12.0 Å². The van der Waals surface area contributed by atoms with E-state index in [4.69, 9.17) is 9.52 Å². The summed E-state index contributed by atoms with van der Waals surface area (Å²) < 4.78 is 7.10. The van der Waals surface area contributed by atoms with Gasteiger partial charge in [0.25, 0.3) is 0 Å². The van der Waals surface area contributed by atoms with Gasteiger partial charge in [0.1, 0.15) is 5.76 Å². The van der Waals surface area contributed by atoms with Crippen LogP contribution in [0.3, 0.4) is 0 Å². The molecule has 0 saturated carbocycles. The molecule has 0 bridgehead atoms. The number of nitrogens with zero attached hydrogens (tertiary/aromatic N) is 3. The molecular formula is C24H21N3O2. The number of para-hydroxylation sites is 1. The van der Waals surface area contributed by atoms with Crippen LogP contribution in [0.1, 0.15) is 11.3 Å². The summed E-state index contributed by atoms with van der Waals surface area (Å²) in [6, 6.07) is 23.6. The Balaban J connectivity index is 1.61. The Morgan fingerprint density at radius 1 is 1.03 bits per heavy atom. The van der Waals surface area contributed by atoms with Gasteiger partial charge in [-0.3, -0.25) is 4.79 Å². The molecule has 0 unspecified atom stereocenters. The summed E-state index contributed by atoms with van der Waals surface area (Å²) in [5.74, 6) is 0.543. The van der Waals surface area contributed by atoms with Crippen molar-refractivity contribution in [3.05, 3.63) is 103 Å². The minimum atomic E-state index is -0.104. The topological polar surface area (TPSA) is 51.3 Å². The van der Waals surface area contributed by atoms with Crippen molar-refractivity contribution in [2.24, 2.45) is 0 Å². The number of aromatic nitrogens is 2. The van der Waals surface area contributed by atoms with Gasteiger partial charge in [-0.2, -0.15) is 5.10 Å². The van der Waals surface area contributed by atoms with Crippen LogP contribution < -0.4 is 0 Å². The maximum Gasteiger partial charge on any atom is 0.246 e. The Bertz CT molecular complexity index is 1100. The van der Waals surface area contributed by atoms with Crippen LogP contribution in [0.15, 0.2) is 95.7 Å². The molecule has 0 aliphatic carbocycles. The van der Waals surface area contributed by atoms with Gasteiger partial charge in [0.05, 0.1) is 17.6 Å². The number of amides is 1. The molecule has 0 aliphatic rings. The van der Waals surface area contributed by atoms with Crippen molar-refractivity contribution in [1.29, 1.82) is 0 Å². The standard InChI is InChI=1S/C24H21N3O2/c1-26(23(28)15-14-22-13-8-16-29-22)17-20-18-27(21-11-6-3-7-12-21)25-24(20)19-9-4-2-5-10-19/h2-16,18H,17H2,1H3. The molecular weight excluding hydrogens is 362 g/mol. The lowest BCUT2D eigenvalue weighted by Gasteiger charge is -2.15. The van der Waals surface area contributed by atoms with Gasteiger partial charge >= 0.3 is 0 Å². The molecule has 0 fully saturated rings. The minimum Gasteiger partial charge on any atom is -0.465 e. The summed E-state index contributed by atoms with van der Waals surface area (Å²) in [6.45, 7) is 0.443.